The van der Waals surface area contributed by atoms with E-state index in [0.29, 0.717) is 18.1 Å². The Bertz CT molecular complexity index is 698. The molecule has 0 bridgehead atoms. The summed E-state index contributed by atoms with van der Waals surface area (Å²) in [5.41, 5.74) is 3.01. The van der Waals surface area contributed by atoms with Crippen LogP contribution in [0.4, 0.5) is 5.82 Å². The molecule has 116 valence electrons. The zero-order valence-corrected chi connectivity index (χ0v) is 13.2. The van der Waals surface area contributed by atoms with Gasteiger partial charge in [-0.05, 0) is 5.56 Å². The second-order valence-corrected chi connectivity index (χ2v) is 6.55. The molecule has 2 aromatic heterocycles. The number of hydrogen-bond donors (Lipinski definition) is 2. The van der Waals surface area contributed by atoms with Crippen LogP contribution in [-0.4, -0.2) is 28.2 Å². The number of fused-ring (bicyclic) bond motifs is 1. The summed E-state index contributed by atoms with van der Waals surface area (Å²) in [6.45, 7) is 6.38. The third-order valence-corrected chi connectivity index (χ3v) is 3.92. The molecule has 0 spiro atoms. The number of nitrogens with zero attached hydrogens (tertiary/aromatic N) is 2. The highest BCUT2D eigenvalue weighted by molar-refractivity contribution is 5.94. The van der Waals surface area contributed by atoms with E-state index < -0.39 is 0 Å². The minimum atomic E-state index is -0.0825. The van der Waals surface area contributed by atoms with E-state index in [1.165, 1.54) is 0 Å². The van der Waals surface area contributed by atoms with Gasteiger partial charge in [-0.2, -0.15) is 5.10 Å². The van der Waals surface area contributed by atoms with Gasteiger partial charge >= 0.3 is 0 Å². The number of pyridine rings is 1. The molecule has 1 atom stereocenters. The number of carbonyl (C=O) groups excluding carboxylic acids is 1. The molecule has 3 rings (SSSR count). The number of carbonyl (C=O) groups is 1. The van der Waals surface area contributed by atoms with Crippen molar-refractivity contribution in [1.29, 1.82) is 0 Å². The number of rotatable bonds is 2. The van der Waals surface area contributed by atoms with Gasteiger partial charge in [0.05, 0.1) is 7.11 Å². The first kappa shape index (κ1) is 14.6. The first-order valence-corrected chi connectivity index (χ1v) is 7.28. The molecule has 1 aliphatic rings. The van der Waals surface area contributed by atoms with Crippen molar-refractivity contribution in [1.82, 2.24) is 15.2 Å². The lowest BCUT2D eigenvalue weighted by Gasteiger charge is -2.27. The summed E-state index contributed by atoms with van der Waals surface area (Å²) in [4.78, 5) is 16.2. The summed E-state index contributed by atoms with van der Waals surface area (Å²) >= 11 is 0. The van der Waals surface area contributed by atoms with Crippen LogP contribution in [0.1, 0.15) is 49.9 Å². The van der Waals surface area contributed by atoms with Crippen molar-refractivity contribution in [2.24, 2.45) is 0 Å². The Labute approximate surface area is 129 Å². The SMILES string of the molecule is COc1ccc([C@H]2CC(=O)Nc3n[nH]c(C(C)(C)C)c32)cn1. The number of amides is 1. The van der Waals surface area contributed by atoms with Gasteiger partial charge in [0.25, 0.3) is 0 Å². The zero-order chi connectivity index (χ0) is 15.9. The standard InChI is InChI=1S/C16H20N4O2/c1-16(2,3)14-13-10(7-11(21)18-15(13)20-19-14)9-5-6-12(22-4)17-8-9/h5-6,8,10H,7H2,1-4H3,(H2,18,19,20,21)/t10-/m1/s1. The third-order valence-electron chi connectivity index (χ3n) is 3.92. The molecular weight excluding hydrogens is 280 g/mol. The molecule has 0 saturated carbocycles. The van der Waals surface area contributed by atoms with Crippen molar-refractivity contribution in [2.45, 2.75) is 38.5 Å². The molecule has 0 fully saturated rings. The highest BCUT2D eigenvalue weighted by Crippen LogP contribution is 2.41. The fourth-order valence-corrected chi connectivity index (χ4v) is 2.83. The van der Waals surface area contributed by atoms with Gasteiger partial charge in [0.2, 0.25) is 11.8 Å². The minimum absolute atomic E-state index is 0.0275. The smallest absolute Gasteiger partial charge is 0.226 e. The first-order valence-electron chi connectivity index (χ1n) is 7.28. The molecule has 1 aliphatic heterocycles. The van der Waals surface area contributed by atoms with Crippen LogP contribution in [0.5, 0.6) is 5.88 Å². The molecule has 6 nitrogen and oxygen atoms in total. The predicted molar refractivity (Wildman–Crippen MR) is 83.2 cm³/mol. The van der Waals surface area contributed by atoms with Gasteiger partial charge < -0.3 is 10.1 Å². The van der Waals surface area contributed by atoms with Crippen LogP contribution >= 0.6 is 0 Å². The fourth-order valence-electron chi connectivity index (χ4n) is 2.83. The summed E-state index contributed by atoms with van der Waals surface area (Å²) < 4.78 is 5.10. The normalized spacial score (nSPS) is 17.8. The topological polar surface area (TPSA) is 79.9 Å². The highest BCUT2D eigenvalue weighted by atomic mass is 16.5. The van der Waals surface area contributed by atoms with E-state index in [4.69, 9.17) is 4.74 Å². The maximum Gasteiger partial charge on any atom is 0.226 e. The number of nitrogens with one attached hydrogen (secondary N) is 2. The van der Waals surface area contributed by atoms with E-state index in [1.54, 1.807) is 13.3 Å². The van der Waals surface area contributed by atoms with E-state index in [1.807, 2.05) is 12.1 Å². The van der Waals surface area contributed by atoms with Crippen LogP contribution in [0.2, 0.25) is 0 Å². The van der Waals surface area contributed by atoms with Crippen LogP contribution in [0.15, 0.2) is 18.3 Å². The maximum absolute atomic E-state index is 12.0. The Balaban J connectivity index is 2.09. The summed E-state index contributed by atoms with van der Waals surface area (Å²) in [5, 5.41) is 10.2. The Hall–Kier alpha value is -2.37. The van der Waals surface area contributed by atoms with Crippen LogP contribution < -0.4 is 10.1 Å². The van der Waals surface area contributed by atoms with E-state index in [9.17, 15) is 4.79 Å². The molecule has 0 radical (unpaired) electrons. The minimum Gasteiger partial charge on any atom is -0.481 e. The van der Waals surface area contributed by atoms with Crippen molar-refractivity contribution in [3.05, 3.63) is 35.2 Å². The first-order chi connectivity index (χ1) is 10.4. The zero-order valence-electron chi connectivity index (χ0n) is 13.2. The van der Waals surface area contributed by atoms with E-state index >= 15 is 0 Å². The lowest BCUT2D eigenvalue weighted by molar-refractivity contribution is -0.116. The van der Waals surface area contributed by atoms with Crippen molar-refractivity contribution >= 4 is 11.7 Å². The predicted octanol–water partition coefficient (Wildman–Crippen LogP) is 2.58. The molecule has 22 heavy (non-hydrogen) atoms. The van der Waals surface area contributed by atoms with Crippen LogP contribution in [-0.2, 0) is 10.2 Å². The van der Waals surface area contributed by atoms with Crippen molar-refractivity contribution in [2.75, 3.05) is 12.4 Å². The fraction of sp³-hybridized carbons (Fsp3) is 0.438. The largest absolute Gasteiger partial charge is 0.481 e. The van der Waals surface area contributed by atoms with Crippen LogP contribution in [0, 0.1) is 0 Å². The Kier molecular flexibility index (Phi) is 3.39. The number of anilines is 1. The summed E-state index contributed by atoms with van der Waals surface area (Å²) in [6.07, 6.45) is 2.16. The van der Waals surface area contributed by atoms with Crippen molar-refractivity contribution < 1.29 is 9.53 Å². The molecule has 0 aliphatic carbocycles. The lowest BCUT2D eigenvalue weighted by Crippen LogP contribution is -2.25. The molecule has 0 saturated heterocycles. The molecule has 1 amide bonds. The van der Waals surface area contributed by atoms with E-state index in [-0.39, 0.29) is 17.2 Å². The van der Waals surface area contributed by atoms with E-state index in [0.717, 1.165) is 16.8 Å². The quantitative estimate of drug-likeness (QED) is 0.893. The number of H-pyrrole nitrogens is 1. The number of aromatic nitrogens is 3. The van der Waals surface area contributed by atoms with Crippen LogP contribution in [0.25, 0.3) is 0 Å². The molecule has 3 heterocycles. The van der Waals surface area contributed by atoms with Crippen LogP contribution in [0.3, 0.4) is 0 Å². The molecule has 2 N–H and O–H groups in total. The number of ether oxygens (including phenoxy) is 1. The molecule has 0 aromatic carbocycles. The van der Waals surface area contributed by atoms with Gasteiger partial charge in [0.1, 0.15) is 0 Å². The van der Waals surface area contributed by atoms with Gasteiger partial charge in [0.15, 0.2) is 5.82 Å². The Morgan fingerprint density at radius 1 is 1.32 bits per heavy atom. The van der Waals surface area contributed by atoms with Gasteiger partial charge in [-0.25, -0.2) is 4.98 Å². The highest BCUT2D eigenvalue weighted by Gasteiger charge is 2.35. The Morgan fingerprint density at radius 3 is 2.68 bits per heavy atom. The molecule has 6 heteroatoms. The van der Waals surface area contributed by atoms with Crippen molar-refractivity contribution in [3.8, 4) is 5.88 Å². The Morgan fingerprint density at radius 2 is 2.09 bits per heavy atom. The van der Waals surface area contributed by atoms with Gasteiger partial charge in [-0.15, -0.1) is 0 Å². The summed E-state index contributed by atoms with van der Waals surface area (Å²) in [7, 11) is 1.59. The molecule has 0 unspecified atom stereocenters. The second-order valence-electron chi connectivity index (χ2n) is 6.55. The molecule has 2 aromatic rings. The number of hydrogen-bond acceptors (Lipinski definition) is 4. The summed E-state index contributed by atoms with van der Waals surface area (Å²) in [5.74, 6) is 1.12. The van der Waals surface area contributed by atoms with Crippen molar-refractivity contribution in [3.63, 3.8) is 0 Å². The molecular formula is C16H20N4O2. The van der Waals surface area contributed by atoms with Gasteiger partial charge in [-0.3, -0.25) is 9.89 Å². The number of methoxy groups -OCH3 is 1. The average molecular weight is 300 g/mol. The van der Waals surface area contributed by atoms with E-state index in [2.05, 4.69) is 41.3 Å². The monoisotopic (exact) mass is 300 g/mol. The van der Waals surface area contributed by atoms with Gasteiger partial charge in [-0.1, -0.05) is 26.8 Å². The lowest BCUT2D eigenvalue weighted by atomic mass is 9.80. The van der Waals surface area contributed by atoms with Gasteiger partial charge in [0, 0.05) is 41.3 Å². The summed E-state index contributed by atoms with van der Waals surface area (Å²) in [6, 6.07) is 3.77. The second kappa shape index (κ2) is 5.12. The maximum atomic E-state index is 12.0. The third kappa shape index (κ3) is 2.45. The number of aromatic amines is 1. The average Bonchev–Trinajstić information content (AvgIpc) is 2.90.